The Balaban J connectivity index is 0.00000210. The van der Waals surface area contributed by atoms with E-state index >= 15 is 0 Å². The van der Waals surface area contributed by atoms with Gasteiger partial charge in [0.25, 0.3) is 0 Å². The topological polar surface area (TPSA) is 44.1 Å². The first-order chi connectivity index (χ1) is 12.7. The van der Waals surface area contributed by atoms with E-state index in [9.17, 15) is 4.79 Å². The van der Waals surface area contributed by atoms with Crippen molar-refractivity contribution < 1.29 is 9.53 Å². The summed E-state index contributed by atoms with van der Waals surface area (Å²) in [6.07, 6.45) is 5.06. The number of esters is 1. The zero-order chi connectivity index (χ0) is 18.0. The predicted molar refractivity (Wildman–Crippen MR) is 107 cm³/mol. The maximum Gasteiger partial charge on any atom is 0.321 e. The SMILES string of the molecule is CCc1nccn1C[C@H]1CC(c2ccccc2)(c2ccccc2)C(=O)O1.Cl. The second-order valence-corrected chi connectivity index (χ2v) is 6.72. The van der Waals surface area contributed by atoms with E-state index in [0.29, 0.717) is 13.0 Å². The molecule has 2 heterocycles. The Morgan fingerprint density at radius 3 is 2.22 bits per heavy atom. The molecule has 27 heavy (non-hydrogen) atoms. The number of nitrogens with zero attached hydrogens (tertiary/aromatic N) is 2. The van der Waals surface area contributed by atoms with E-state index in [4.69, 9.17) is 4.74 Å². The molecule has 0 spiro atoms. The fourth-order valence-electron chi connectivity index (χ4n) is 3.94. The molecule has 1 aromatic heterocycles. The van der Waals surface area contributed by atoms with Crippen LogP contribution in [0.25, 0.3) is 0 Å². The Kier molecular flexibility index (Phi) is 5.66. The highest BCUT2D eigenvalue weighted by Crippen LogP contribution is 2.43. The van der Waals surface area contributed by atoms with E-state index in [1.54, 1.807) is 6.20 Å². The van der Waals surface area contributed by atoms with Gasteiger partial charge in [-0.1, -0.05) is 67.6 Å². The van der Waals surface area contributed by atoms with E-state index < -0.39 is 5.41 Å². The first kappa shape index (κ1) is 19.2. The quantitative estimate of drug-likeness (QED) is 0.622. The lowest BCUT2D eigenvalue weighted by atomic mass is 9.72. The zero-order valence-electron chi connectivity index (χ0n) is 15.2. The third-order valence-electron chi connectivity index (χ3n) is 5.21. The van der Waals surface area contributed by atoms with E-state index in [1.165, 1.54) is 0 Å². The molecule has 1 atom stereocenters. The smallest absolute Gasteiger partial charge is 0.321 e. The van der Waals surface area contributed by atoms with E-state index in [2.05, 4.69) is 16.5 Å². The second-order valence-electron chi connectivity index (χ2n) is 6.72. The Morgan fingerprint density at radius 1 is 1.07 bits per heavy atom. The Bertz CT molecular complexity index is 853. The summed E-state index contributed by atoms with van der Waals surface area (Å²) < 4.78 is 7.96. The Labute approximate surface area is 165 Å². The molecule has 0 bridgehead atoms. The standard InChI is InChI=1S/C22H22N2O2.ClH/c1-2-20-23-13-14-24(20)16-19-15-22(21(25)26-19,17-9-5-3-6-10-17)18-11-7-4-8-12-18;/h3-14,19H,2,15-16H2,1H3;1H/t19-;/m1./s1. The molecular formula is C22H23ClN2O2. The summed E-state index contributed by atoms with van der Waals surface area (Å²) in [6.45, 7) is 2.72. The molecule has 0 aliphatic carbocycles. The first-order valence-corrected chi connectivity index (χ1v) is 9.06. The van der Waals surface area contributed by atoms with Gasteiger partial charge in [0.2, 0.25) is 0 Å². The van der Waals surface area contributed by atoms with Crippen LogP contribution < -0.4 is 0 Å². The summed E-state index contributed by atoms with van der Waals surface area (Å²) in [4.78, 5) is 17.5. The molecule has 0 amide bonds. The summed E-state index contributed by atoms with van der Waals surface area (Å²) in [5, 5.41) is 0. The van der Waals surface area contributed by atoms with Crippen LogP contribution >= 0.6 is 12.4 Å². The average molecular weight is 383 g/mol. The number of ether oxygens (including phenoxy) is 1. The van der Waals surface area contributed by atoms with Gasteiger partial charge in [0, 0.05) is 25.2 Å². The lowest BCUT2D eigenvalue weighted by Crippen LogP contribution is -2.33. The van der Waals surface area contributed by atoms with E-state index in [0.717, 1.165) is 23.4 Å². The number of hydrogen-bond acceptors (Lipinski definition) is 3. The number of hydrogen-bond donors (Lipinski definition) is 0. The number of imidazole rings is 1. The van der Waals surface area contributed by atoms with Crippen LogP contribution in [0.1, 0.15) is 30.3 Å². The lowest BCUT2D eigenvalue weighted by molar-refractivity contribution is -0.145. The molecule has 140 valence electrons. The van der Waals surface area contributed by atoms with Crippen LogP contribution in [0.5, 0.6) is 0 Å². The van der Waals surface area contributed by atoms with Crippen LogP contribution in [0.3, 0.4) is 0 Å². The molecular weight excluding hydrogens is 360 g/mol. The van der Waals surface area contributed by atoms with E-state index in [-0.39, 0.29) is 24.5 Å². The summed E-state index contributed by atoms with van der Waals surface area (Å²) in [5.74, 6) is 0.844. The molecule has 1 fully saturated rings. The fraction of sp³-hybridized carbons (Fsp3) is 0.273. The lowest BCUT2D eigenvalue weighted by Gasteiger charge is -2.26. The monoisotopic (exact) mass is 382 g/mol. The molecule has 4 nitrogen and oxygen atoms in total. The van der Waals surface area contributed by atoms with Gasteiger partial charge in [0.1, 0.15) is 17.3 Å². The summed E-state index contributed by atoms with van der Waals surface area (Å²) in [7, 11) is 0. The van der Waals surface area contributed by atoms with Crippen molar-refractivity contribution in [3.05, 3.63) is 90.0 Å². The number of aryl methyl sites for hydroxylation is 1. The normalized spacial score (nSPS) is 18.0. The number of halogens is 1. The third kappa shape index (κ3) is 3.37. The van der Waals surface area contributed by atoms with Crippen LogP contribution in [-0.4, -0.2) is 21.6 Å². The van der Waals surface area contributed by atoms with Crippen LogP contribution in [0.4, 0.5) is 0 Å². The molecule has 2 aromatic carbocycles. The molecule has 1 saturated heterocycles. The van der Waals surface area contributed by atoms with Gasteiger partial charge in [0.15, 0.2) is 0 Å². The number of carbonyl (C=O) groups is 1. The molecule has 1 aliphatic heterocycles. The van der Waals surface area contributed by atoms with Gasteiger partial charge in [-0.25, -0.2) is 4.98 Å². The average Bonchev–Trinajstić information content (AvgIpc) is 3.27. The maximum absolute atomic E-state index is 13.1. The zero-order valence-corrected chi connectivity index (χ0v) is 16.1. The molecule has 0 unspecified atom stereocenters. The molecule has 3 aromatic rings. The number of benzene rings is 2. The Morgan fingerprint density at radius 2 is 1.67 bits per heavy atom. The van der Waals surface area contributed by atoms with Crippen molar-refractivity contribution in [2.75, 3.05) is 0 Å². The Hall–Kier alpha value is -2.59. The summed E-state index contributed by atoms with van der Waals surface area (Å²) >= 11 is 0. The highest BCUT2D eigenvalue weighted by molar-refractivity contribution is 5.89. The predicted octanol–water partition coefficient (Wildman–Crippen LogP) is 4.17. The van der Waals surface area contributed by atoms with Gasteiger partial charge < -0.3 is 9.30 Å². The number of carbonyl (C=O) groups excluding carboxylic acids is 1. The highest BCUT2D eigenvalue weighted by Gasteiger charge is 2.51. The molecule has 5 heteroatoms. The minimum Gasteiger partial charge on any atom is -0.459 e. The molecule has 0 radical (unpaired) electrons. The van der Waals surface area contributed by atoms with Crippen molar-refractivity contribution in [1.82, 2.24) is 9.55 Å². The number of cyclic esters (lactones) is 1. The molecule has 0 saturated carbocycles. The van der Waals surface area contributed by atoms with Crippen LogP contribution in [0.2, 0.25) is 0 Å². The molecule has 4 rings (SSSR count). The number of rotatable bonds is 5. The summed E-state index contributed by atoms with van der Waals surface area (Å²) in [5.41, 5.74) is 1.22. The minimum absolute atomic E-state index is 0. The van der Waals surface area contributed by atoms with Gasteiger partial charge in [-0.3, -0.25) is 4.79 Å². The van der Waals surface area contributed by atoms with Crippen molar-refractivity contribution in [3.63, 3.8) is 0 Å². The molecule has 0 N–H and O–H groups in total. The summed E-state index contributed by atoms with van der Waals surface area (Å²) in [6, 6.07) is 19.9. The van der Waals surface area contributed by atoms with Crippen LogP contribution in [0.15, 0.2) is 73.1 Å². The fourth-order valence-corrected chi connectivity index (χ4v) is 3.94. The van der Waals surface area contributed by atoms with Crippen molar-refractivity contribution in [2.24, 2.45) is 0 Å². The van der Waals surface area contributed by atoms with Crippen molar-refractivity contribution in [2.45, 2.75) is 37.8 Å². The second kappa shape index (κ2) is 7.97. The minimum atomic E-state index is -0.750. The largest absolute Gasteiger partial charge is 0.459 e. The van der Waals surface area contributed by atoms with Crippen molar-refractivity contribution in [3.8, 4) is 0 Å². The third-order valence-corrected chi connectivity index (χ3v) is 5.21. The van der Waals surface area contributed by atoms with Crippen LogP contribution in [0, 0.1) is 0 Å². The van der Waals surface area contributed by atoms with Gasteiger partial charge in [0.05, 0.1) is 6.54 Å². The van der Waals surface area contributed by atoms with Gasteiger partial charge in [-0.05, 0) is 11.1 Å². The van der Waals surface area contributed by atoms with Gasteiger partial charge in [-0.15, -0.1) is 12.4 Å². The van der Waals surface area contributed by atoms with Gasteiger partial charge in [-0.2, -0.15) is 0 Å². The van der Waals surface area contributed by atoms with E-state index in [1.807, 2.05) is 66.9 Å². The first-order valence-electron chi connectivity index (χ1n) is 9.06. The highest BCUT2D eigenvalue weighted by atomic mass is 35.5. The number of aromatic nitrogens is 2. The van der Waals surface area contributed by atoms with Crippen molar-refractivity contribution >= 4 is 18.4 Å². The van der Waals surface area contributed by atoms with Crippen molar-refractivity contribution in [1.29, 1.82) is 0 Å². The maximum atomic E-state index is 13.1. The van der Waals surface area contributed by atoms with Crippen LogP contribution in [-0.2, 0) is 27.9 Å². The molecule has 1 aliphatic rings. The van der Waals surface area contributed by atoms with Gasteiger partial charge >= 0.3 is 5.97 Å².